The molecule has 2 heterocycles. The van der Waals surface area contributed by atoms with Crippen LogP contribution in [-0.2, 0) is 9.47 Å². The first-order chi connectivity index (χ1) is 13.3. The molecule has 0 atom stereocenters. The first-order valence-electron chi connectivity index (χ1n) is 8.95. The molecule has 4 rings (SSSR count). The van der Waals surface area contributed by atoms with Crippen LogP contribution in [0.2, 0.25) is 0 Å². The van der Waals surface area contributed by atoms with Crippen LogP contribution in [-0.4, -0.2) is 46.6 Å². The lowest BCUT2D eigenvalue weighted by Gasteiger charge is -2.12. The van der Waals surface area contributed by atoms with Crippen molar-refractivity contribution in [3.8, 4) is 22.8 Å². The molecule has 7 heteroatoms. The van der Waals surface area contributed by atoms with Crippen molar-refractivity contribution in [3.05, 3.63) is 54.6 Å². The summed E-state index contributed by atoms with van der Waals surface area (Å²) in [4.78, 5) is 0. The maximum atomic E-state index is 5.56. The summed E-state index contributed by atoms with van der Waals surface area (Å²) < 4.78 is 18.7. The van der Waals surface area contributed by atoms with Crippen LogP contribution < -0.4 is 4.74 Å². The van der Waals surface area contributed by atoms with Gasteiger partial charge in [-0.15, -0.1) is 10.2 Å². The molecule has 0 bridgehead atoms. The molecule has 3 aromatic rings. The van der Waals surface area contributed by atoms with Crippen molar-refractivity contribution in [1.82, 2.24) is 14.8 Å². The van der Waals surface area contributed by atoms with E-state index in [-0.39, 0.29) is 6.29 Å². The molecule has 0 spiro atoms. The minimum atomic E-state index is -0.194. The molecule has 0 amide bonds. The Morgan fingerprint density at radius 2 is 1.78 bits per heavy atom. The van der Waals surface area contributed by atoms with Crippen molar-refractivity contribution >= 4 is 11.8 Å². The van der Waals surface area contributed by atoms with E-state index in [1.807, 2.05) is 61.5 Å². The first-order valence-corrected chi connectivity index (χ1v) is 9.94. The van der Waals surface area contributed by atoms with E-state index in [1.165, 1.54) is 0 Å². The van der Waals surface area contributed by atoms with Crippen molar-refractivity contribution in [1.29, 1.82) is 0 Å². The number of benzene rings is 2. The van der Waals surface area contributed by atoms with E-state index in [9.17, 15) is 0 Å². The van der Waals surface area contributed by atoms with Gasteiger partial charge in [-0.3, -0.25) is 4.57 Å². The minimum Gasteiger partial charge on any atom is -0.494 e. The smallest absolute Gasteiger partial charge is 0.196 e. The largest absolute Gasteiger partial charge is 0.494 e. The van der Waals surface area contributed by atoms with Gasteiger partial charge in [-0.2, -0.15) is 0 Å². The molecule has 0 N–H and O–H groups in total. The predicted molar refractivity (Wildman–Crippen MR) is 104 cm³/mol. The lowest BCUT2D eigenvalue weighted by Crippen LogP contribution is -2.11. The van der Waals surface area contributed by atoms with Gasteiger partial charge in [0.15, 0.2) is 17.3 Å². The minimum absolute atomic E-state index is 0.194. The van der Waals surface area contributed by atoms with Crippen LogP contribution in [0.15, 0.2) is 59.8 Å². The first kappa shape index (κ1) is 18.0. The van der Waals surface area contributed by atoms with Gasteiger partial charge in [0.2, 0.25) is 0 Å². The molecule has 2 aromatic carbocycles. The van der Waals surface area contributed by atoms with E-state index in [2.05, 4.69) is 14.8 Å². The molecule has 27 heavy (non-hydrogen) atoms. The highest BCUT2D eigenvalue weighted by Gasteiger charge is 2.20. The summed E-state index contributed by atoms with van der Waals surface area (Å²) in [6.07, 6.45) is -0.194. The second kappa shape index (κ2) is 8.56. The van der Waals surface area contributed by atoms with Crippen molar-refractivity contribution in [2.24, 2.45) is 0 Å². The fourth-order valence-corrected chi connectivity index (χ4v) is 3.77. The summed E-state index contributed by atoms with van der Waals surface area (Å²) in [7, 11) is 0. The van der Waals surface area contributed by atoms with Crippen molar-refractivity contribution in [2.75, 3.05) is 25.6 Å². The zero-order chi connectivity index (χ0) is 18.5. The summed E-state index contributed by atoms with van der Waals surface area (Å²) in [5.41, 5.74) is 2.00. The van der Waals surface area contributed by atoms with Crippen LogP contribution in [0.1, 0.15) is 6.92 Å². The standard InChI is InChI=1S/C20H21N3O3S/c1-2-24-17-10-8-16(9-11-17)23-19(15-6-4-3-5-7-15)21-22-20(23)27-14-18-25-12-13-26-18/h3-11,18H,2,12-14H2,1H3. The van der Waals surface area contributed by atoms with E-state index in [0.717, 1.165) is 28.0 Å². The fraction of sp³-hybridized carbons (Fsp3) is 0.300. The Morgan fingerprint density at radius 3 is 2.48 bits per heavy atom. The highest BCUT2D eigenvalue weighted by atomic mass is 32.2. The SMILES string of the molecule is CCOc1ccc(-n2c(SCC3OCCO3)nnc2-c2ccccc2)cc1. The second-order valence-corrected chi connectivity index (χ2v) is 6.90. The predicted octanol–water partition coefficient (Wildman–Crippen LogP) is 3.80. The molecule has 1 fully saturated rings. The van der Waals surface area contributed by atoms with E-state index in [1.54, 1.807) is 11.8 Å². The van der Waals surface area contributed by atoms with Gasteiger partial charge in [-0.25, -0.2) is 0 Å². The number of ether oxygens (including phenoxy) is 3. The highest BCUT2D eigenvalue weighted by Crippen LogP contribution is 2.29. The van der Waals surface area contributed by atoms with Gasteiger partial charge in [0.1, 0.15) is 5.75 Å². The van der Waals surface area contributed by atoms with Crippen LogP contribution in [0.4, 0.5) is 0 Å². The fourth-order valence-electron chi connectivity index (χ4n) is 2.87. The Balaban J connectivity index is 1.67. The third-order valence-corrected chi connectivity index (χ3v) is 5.07. The molecular weight excluding hydrogens is 362 g/mol. The molecule has 0 saturated carbocycles. The van der Waals surface area contributed by atoms with Gasteiger partial charge in [0.05, 0.1) is 25.6 Å². The van der Waals surface area contributed by atoms with E-state index >= 15 is 0 Å². The Morgan fingerprint density at radius 1 is 1.04 bits per heavy atom. The Hall–Kier alpha value is -2.35. The molecule has 0 aliphatic carbocycles. The molecule has 1 aromatic heterocycles. The van der Waals surface area contributed by atoms with E-state index in [4.69, 9.17) is 14.2 Å². The number of rotatable bonds is 7. The van der Waals surface area contributed by atoms with Gasteiger partial charge in [-0.05, 0) is 31.2 Å². The number of hydrogen-bond donors (Lipinski definition) is 0. The third-order valence-electron chi connectivity index (χ3n) is 4.11. The molecule has 0 unspecified atom stereocenters. The summed E-state index contributed by atoms with van der Waals surface area (Å²) in [6.45, 7) is 3.91. The van der Waals surface area contributed by atoms with Gasteiger partial charge >= 0.3 is 0 Å². The quantitative estimate of drug-likeness (QED) is 0.579. The summed E-state index contributed by atoms with van der Waals surface area (Å²) in [5, 5.41) is 9.67. The Labute approximate surface area is 162 Å². The zero-order valence-corrected chi connectivity index (χ0v) is 15.9. The normalized spacial score (nSPS) is 14.6. The third kappa shape index (κ3) is 4.16. The van der Waals surface area contributed by atoms with Crippen LogP contribution >= 0.6 is 11.8 Å². The van der Waals surface area contributed by atoms with Gasteiger partial charge in [0, 0.05) is 11.3 Å². The number of thioether (sulfide) groups is 1. The van der Waals surface area contributed by atoms with Crippen molar-refractivity contribution in [3.63, 3.8) is 0 Å². The highest BCUT2D eigenvalue weighted by molar-refractivity contribution is 7.99. The molecule has 0 radical (unpaired) electrons. The monoisotopic (exact) mass is 383 g/mol. The molecule has 1 saturated heterocycles. The van der Waals surface area contributed by atoms with E-state index in [0.29, 0.717) is 25.6 Å². The molecule has 1 aliphatic heterocycles. The summed E-state index contributed by atoms with van der Waals surface area (Å²) >= 11 is 1.58. The second-order valence-electron chi connectivity index (χ2n) is 5.92. The van der Waals surface area contributed by atoms with Crippen LogP contribution in [0, 0.1) is 0 Å². The number of nitrogens with zero attached hydrogens (tertiary/aromatic N) is 3. The lowest BCUT2D eigenvalue weighted by molar-refractivity contribution is -0.0215. The average Bonchev–Trinajstić information content (AvgIpc) is 3.38. The Kier molecular flexibility index (Phi) is 5.72. The molecule has 140 valence electrons. The summed E-state index contributed by atoms with van der Waals surface area (Å²) in [6, 6.07) is 18.0. The van der Waals surface area contributed by atoms with Crippen LogP contribution in [0.3, 0.4) is 0 Å². The molecular formula is C20H21N3O3S. The van der Waals surface area contributed by atoms with Crippen molar-refractivity contribution in [2.45, 2.75) is 18.4 Å². The molecule has 6 nitrogen and oxygen atoms in total. The van der Waals surface area contributed by atoms with Gasteiger partial charge in [-0.1, -0.05) is 42.1 Å². The van der Waals surface area contributed by atoms with Gasteiger partial charge < -0.3 is 14.2 Å². The number of aromatic nitrogens is 3. The topological polar surface area (TPSA) is 58.4 Å². The van der Waals surface area contributed by atoms with Crippen molar-refractivity contribution < 1.29 is 14.2 Å². The van der Waals surface area contributed by atoms with Crippen LogP contribution in [0.5, 0.6) is 5.75 Å². The van der Waals surface area contributed by atoms with Crippen LogP contribution in [0.25, 0.3) is 17.1 Å². The Bertz CT molecular complexity index is 862. The van der Waals surface area contributed by atoms with E-state index < -0.39 is 0 Å². The zero-order valence-electron chi connectivity index (χ0n) is 15.1. The maximum absolute atomic E-state index is 5.56. The summed E-state index contributed by atoms with van der Waals surface area (Å²) in [5.74, 6) is 2.32. The maximum Gasteiger partial charge on any atom is 0.196 e. The van der Waals surface area contributed by atoms with Gasteiger partial charge in [0.25, 0.3) is 0 Å². The molecule has 1 aliphatic rings. The lowest BCUT2D eigenvalue weighted by atomic mass is 10.2. The average molecular weight is 383 g/mol. The number of hydrogen-bond acceptors (Lipinski definition) is 6.